The second-order valence-electron chi connectivity index (χ2n) is 5.41. The topological polar surface area (TPSA) is 66.4 Å². The molecule has 21 heavy (non-hydrogen) atoms. The third kappa shape index (κ3) is 6.88. The first kappa shape index (κ1) is 17.1. The predicted octanol–water partition coefficient (Wildman–Crippen LogP) is 2.76. The summed E-state index contributed by atoms with van der Waals surface area (Å²) in [6.45, 7) is 3.61. The molecular formula is C16H22FNO3. The van der Waals surface area contributed by atoms with Crippen LogP contribution in [0.25, 0.3) is 0 Å². The van der Waals surface area contributed by atoms with Crippen LogP contribution in [0.15, 0.2) is 24.3 Å². The van der Waals surface area contributed by atoms with Crippen molar-refractivity contribution in [3.05, 3.63) is 35.6 Å². The van der Waals surface area contributed by atoms with E-state index in [-0.39, 0.29) is 30.1 Å². The quantitative estimate of drug-likeness (QED) is 0.775. The van der Waals surface area contributed by atoms with Crippen molar-refractivity contribution in [2.75, 3.05) is 0 Å². The molecule has 2 unspecified atom stereocenters. The lowest BCUT2D eigenvalue weighted by Gasteiger charge is -2.17. The number of carboxylic acid groups (broad SMARTS) is 1. The van der Waals surface area contributed by atoms with Crippen molar-refractivity contribution in [3.8, 4) is 0 Å². The van der Waals surface area contributed by atoms with E-state index in [1.807, 2.05) is 13.0 Å². The van der Waals surface area contributed by atoms with Crippen molar-refractivity contribution in [1.82, 2.24) is 5.32 Å². The molecule has 0 aliphatic carbocycles. The van der Waals surface area contributed by atoms with E-state index < -0.39 is 5.97 Å². The van der Waals surface area contributed by atoms with Gasteiger partial charge in [0.2, 0.25) is 5.91 Å². The Morgan fingerprint density at radius 2 is 2.00 bits per heavy atom. The summed E-state index contributed by atoms with van der Waals surface area (Å²) >= 11 is 0. The fraction of sp³-hybridized carbons (Fsp3) is 0.500. The zero-order valence-electron chi connectivity index (χ0n) is 12.4. The van der Waals surface area contributed by atoms with Crippen LogP contribution in [0.2, 0.25) is 0 Å². The minimum Gasteiger partial charge on any atom is -0.481 e. The highest BCUT2D eigenvalue weighted by Gasteiger charge is 2.15. The van der Waals surface area contributed by atoms with Gasteiger partial charge in [0.1, 0.15) is 5.82 Å². The molecule has 0 spiro atoms. The van der Waals surface area contributed by atoms with Crippen molar-refractivity contribution in [3.63, 3.8) is 0 Å². The summed E-state index contributed by atoms with van der Waals surface area (Å²) in [5, 5.41) is 11.4. The average molecular weight is 295 g/mol. The van der Waals surface area contributed by atoms with Crippen molar-refractivity contribution >= 4 is 11.9 Å². The molecule has 2 N–H and O–H groups in total. The number of benzene rings is 1. The molecule has 1 aromatic rings. The normalized spacial score (nSPS) is 13.5. The molecule has 1 aromatic carbocycles. The molecule has 0 heterocycles. The van der Waals surface area contributed by atoms with Crippen molar-refractivity contribution < 1.29 is 19.1 Å². The monoisotopic (exact) mass is 295 g/mol. The minimum absolute atomic E-state index is 0.0408. The molecule has 1 rings (SSSR count). The van der Waals surface area contributed by atoms with E-state index in [1.165, 1.54) is 12.1 Å². The lowest BCUT2D eigenvalue weighted by molar-refractivity contribution is -0.137. The summed E-state index contributed by atoms with van der Waals surface area (Å²) in [7, 11) is 0. The maximum atomic E-state index is 13.0. The molecule has 0 fully saturated rings. The highest BCUT2D eigenvalue weighted by Crippen LogP contribution is 2.12. The number of hydrogen-bond acceptors (Lipinski definition) is 2. The summed E-state index contributed by atoms with van der Waals surface area (Å²) in [4.78, 5) is 22.4. The Morgan fingerprint density at radius 1 is 1.29 bits per heavy atom. The van der Waals surface area contributed by atoms with E-state index in [4.69, 9.17) is 5.11 Å². The molecule has 0 aromatic heterocycles. The molecule has 116 valence electrons. The van der Waals surface area contributed by atoms with Gasteiger partial charge in [0, 0.05) is 18.4 Å². The first-order chi connectivity index (χ1) is 9.88. The van der Waals surface area contributed by atoms with E-state index >= 15 is 0 Å². The van der Waals surface area contributed by atoms with Crippen LogP contribution in [0.4, 0.5) is 4.39 Å². The van der Waals surface area contributed by atoms with Gasteiger partial charge in [0.15, 0.2) is 0 Å². The number of hydrogen-bond donors (Lipinski definition) is 2. The Balaban J connectivity index is 2.35. The number of nitrogens with one attached hydrogen (secondary N) is 1. The van der Waals surface area contributed by atoms with E-state index in [0.29, 0.717) is 19.3 Å². The zero-order valence-corrected chi connectivity index (χ0v) is 12.4. The molecule has 5 heteroatoms. The lowest BCUT2D eigenvalue weighted by Crippen LogP contribution is -2.36. The lowest BCUT2D eigenvalue weighted by atomic mass is 10.00. The molecule has 0 aliphatic heterocycles. The number of carboxylic acids is 1. The van der Waals surface area contributed by atoms with Crippen LogP contribution in [0, 0.1) is 11.7 Å². The zero-order chi connectivity index (χ0) is 15.8. The Kier molecular flexibility index (Phi) is 6.85. The van der Waals surface area contributed by atoms with Gasteiger partial charge < -0.3 is 10.4 Å². The number of carbonyl (C=O) groups excluding carboxylic acids is 1. The van der Waals surface area contributed by atoms with Gasteiger partial charge >= 0.3 is 5.97 Å². The third-order valence-electron chi connectivity index (χ3n) is 3.38. The molecule has 0 saturated carbocycles. The average Bonchev–Trinajstić information content (AvgIpc) is 2.42. The third-order valence-corrected chi connectivity index (χ3v) is 3.38. The molecule has 0 saturated heterocycles. The van der Waals surface area contributed by atoms with Crippen LogP contribution in [0.1, 0.15) is 38.7 Å². The van der Waals surface area contributed by atoms with Crippen LogP contribution in [-0.2, 0) is 16.0 Å². The summed E-state index contributed by atoms with van der Waals surface area (Å²) < 4.78 is 13.0. The van der Waals surface area contributed by atoms with Gasteiger partial charge in [-0.15, -0.1) is 0 Å². The van der Waals surface area contributed by atoms with E-state index in [0.717, 1.165) is 5.56 Å². The Hall–Kier alpha value is -1.91. The number of rotatable bonds is 8. The summed E-state index contributed by atoms with van der Waals surface area (Å²) in [5.41, 5.74) is 0.869. The smallest absolute Gasteiger partial charge is 0.303 e. The van der Waals surface area contributed by atoms with Gasteiger partial charge in [-0.3, -0.25) is 9.59 Å². The number of aryl methyl sites for hydroxylation is 1. The Morgan fingerprint density at radius 3 is 2.62 bits per heavy atom. The standard InChI is InChI=1S/C16H22FNO3/c1-11(6-8-13-4-3-5-14(17)10-13)16(21)18-12(2)7-9-15(19)20/h3-5,10-12H,6-9H2,1-2H3,(H,18,21)(H,19,20). The minimum atomic E-state index is -0.866. The Labute approximate surface area is 124 Å². The molecule has 0 aliphatic rings. The highest BCUT2D eigenvalue weighted by atomic mass is 19.1. The first-order valence-electron chi connectivity index (χ1n) is 7.15. The van der Waals surface area contributed by atoms with Crippen LogP contribution >= 0.6 is 0 Å². The van der Waals surface area contributed by atoms with Gasteiger partial charge in [-0.2, -0.15) is 0 Å². The predicted molar refractivity (Wildman–Crippen MR) is 78.4 cm³/mol. The fourth-order valence-electron chi connectivity index (χ4n) is 2.00. The summed E-state index contributed by atoms with van der Waals surface area (Å²) in [5.74, 6) is -1.42. The molecule has 1 amide bonds. The van der Waals surface area contributed by atoms with Crippen LogP contribution in [-0.4, -0.2) is 23.0 Å². The van der Waals surface area contributed by atoms with Crippen molar-refractivity contribution in [2.45, 2.75) is 45.6 Å². The summed E-state index contributed by atoms with van der Waals surface area (Å²) in [6, 6.07) is 6.20. The number of amides is 1. The molecule has 4 nitrogen and oxygen atoms in total. The molecule has 0 radical (unpaired) electrons. The number of halogens is 1. The van der Waals surface area contributed by atoms with Crippen LogP contribution in [0.5, 0.6) is 0 Å². The number of aliphatic carboxylic acids is 1. The van der Waals surface area contributed by atoms with Crippen molar-refractivity contribution in [1.29, 1.82) is 0 Å². The molecule has 2 atom stereocenters. The fourth-order valence-corrected chi connectivity index (χ4v) is 2.00. The summed E-state index contributed by atoms with van der Waals surface area (Å²) in [6.07, 6.45) is 1.72. The highest BCUT2D eigenvalue weighted by molar-refractivity contribution is 5.78. The number of carbonyl (C=O) groups is 2. The molecule has 0 bridgehead atoms. The van der Waals surface area contributed by atoms with Crippen molar-refractivity contribution in [2.24, 2.45) is 5.92 Å². The first-order valence-corrected chi connectivity index (χ1v) is 7.15. The SMILES string of the molecule is CC(CCC(=O)O)NC(=O)C(C)CCc1cccc(F)c1. The maximum absolute atomic E-state index is 13.0. The van der Waals surface area contributed by atoms with Gasteiger partial charge in [-0.05, 0) is 43.9 Å². The second-order valence-corrected chi connectivity index (χ2v) is 5.41. The van der Waals surface area contributed by atoms with E-state index in [2.05, 4.69) is 5.32 Å². The van der Waals surface area contributed by atoms with Gasteiger partial charge in [-0.25, -0.2) is 4.39 Å². The van der Waals surface area contributed by atoms with Crippen LogP contribution in [0.3, 0.4) is 0 Å². The Bertz CT molecular complexity index is 490. The second kappa shape index (κ2) is 8.39. The molecular weight excluding hydrogens is 273 g/mol. The van der Waals surface area contributed by atoms with Crippen LogP contribution < -0.4 is 5.32 Å². The van der Waals surface area contributed by atoms with Gasteiger partial charge in [0.25, 0.3) is 0 Å². The largest absolute Gasteiger partial charge is 0.481 e. The maximum Gasteiger partial charge on any atom is 0.303 e. The van der Waals surface area contributed by atoms with Gasteiger partial charge in [-0.1, -0.05) is 19.1 Å². The van der Waals surface area contributed by atoms with E-state index in [1.54, 1.807) is 13.0 Å². The van der Waals surface area contributed by atoms with E-state index in [9.17, 15) is 14.0 Å². The van der Waals surface area contributed by atoms with Gasteiger partial charge in [0.05, 0.1) is 0 Å².